The van der Waals surface area contributed by atoms with E-state index in [2.05, 4.69) is 15.6 Å². The number of hydroxylamine groups is 1. The highest BCUT2D eigenvalue weighted by Gasteiger charge is 2.08. The van der Waals surface area contributed by atoms with Crippen LogP contribution in [0.3, 0.4) is 0 Å². The molecule has 0 atom stereocenters. The molecule has 0 saturated heterocycles. The van der Waals surface area contributed by atoms with Gasteiger partial charge in [-0.25, -0.2) is 5.48 Å². The summed E-state index contributed by atoms with van der Waals surface area (Å²) in [5.74, 6) is -0.715. The zero-order chi connectivity index (χ0) is 15.1. The first kappa shape index (κ1) is 14.7. The van der Waals surface area contributed by atoms with Gasteiger partial charge in [-0.15, -0.1) is 0 Å². The summed E-state index contributed by atoms with van der Waals surface area (Å²) in [6, 6.07) is 17.1. The van der Waals surface area contributed by atoms with Crippen LogP contribution in [0.25, 0.3) is 11.1 Å². The van der Waals surface area contributed by atoms with Crippen LogP contribution in [0.5, 0.6) is 0 Å². The Morgan fingerprint density at radius 1 is 0.952 bits per heavy atom. The summed E-state index contributed by atoms with van der Waals surface area (Å²) in [5, 5.41) is 2.51. The van der Waals surface area contributed by atoms with Crippen LogP contribution in [0.4, 0.5) is 0 Å². The zero-order valence-corrected chi connectivity index (χ0v) is 11.6. The van der Waals surface area contributed by atoms with E-state index in [4.69, 9.17) is 0 Å². The lowest BCUT2D eigenvalue weighted by Crippen LogP contribution is -2.36. The summed E-state index contributed by atoms with van der Waals surface area (Å²) >= 11 is 0. The highest BCUT2D eigenvalue weighted by Crippen LogP contribution is 2.19. The number of nitrogens with one attached hydrogen (secondary N) is 2. The fourth-order valence-electron chi connectivity index (χ4n) is 1.86. The van der Waals surface area contributed by atoms with Gasteiger partial charge in [-0.05, 0) is 23.3 Å². The summed E-state index contributed by atoms with van der Waals surface area (Å²) in [6.45, 7) is -0.132. The Kier molecular flexibility index (Phi) is 5.06. The Morgan fingerprint density at radius 2 is 1.57 bits per heavy atom. The number of amides is 2. The topological polar surface area (TPSA) is 67.4 Å². The van der Waals surface area contributed by atoms with E-state index in [9.17, 15) is 9.59 Å². The van der Waals surface area contributed by atoms with Gasteiger partial charge in [-0.1, -0.05) is 42.5 Å². The molecule has 2 amide bonds. The molecular formula is C16H16N2O3. The third-order valence-corrected chi connectivity index (χ3v) is 2.88. The average Bonchev–Trinajstić information content (AvgIpc) is 2.54. The summed E-state index contributed by atoms with van der Waals surface area (Å²) < 4.78 is 0. The minimum atomic E-state index is -0.410. The van der Waals surface area contributed by atoms with Crippen LogP contribution in [0.15, 0.2) is 54.6 Å². The first-order chi connectivity index (χ1) is 10.2. The van der Waals surface area contributed by atoms with Gasteiger partial charge in [0.15, 0.2) is 0 Å². The average molecular weight is 284 g/mol. The Bertz CT molecular complexity index is 609. The van der Waals surface area contributed by atoms with Crippen LogP contribution in [0.2, 0.25) is 0 Å². The minimum Gasteiger partial charge on any atom is -0.343 e. The Balaban J connectivity index is 1.99. The van der Waals surface area contributed by atoms with Crippen LogP contribution < -0.4 is 10.8 Å². The molecule has 0 aliphatic rings. The fourth-order valence-corrected chi connectivity index (χ4v) is 1.86. The molecule has 0 spiro atoms. The van der Waals surface area contributed by atoms with Crippen molar-refractivity contribution in [1.82, 2.24) is 10.8 Å². The molecule has 0 fully saturated rings. The van der Waals surface area contributed by atoms with Crippen molar-refractivity contribution in [1.29, 1.82) is 0 Å². The van der Waals surface area contributed by atoms with Crippen molar-refractivity contribution in [2.24, 2.45) is 0 Å². The lowest BCUT2D eigenvalue weighted by molar-refractivity contribution is -0.130. The predicted octanol–water partition coefficient (Wildman–Crippen LogP) is 1.76. The second kappa shape index (κ2) is 7.21. The molecule has 0 aliphatic carbocycles. The van der Waals surface area contributed by atoms with Gasteiger partial charge in [0.2, 0.25) is 0 Å². The van der Waals surface area contributed by atoms with Crippen molar-refractivity contribution in [2.45, 2.75) is 0 Å². The number of benzene rings is 2. The first-order valence-electron chi connectivity index (χ1n) is 6.46. The summed E-state index contributed by atoms with van der Waals surface area (Å²) in [5.41, 5.74) is 4.75. The van der Waals surface area contributed by atoms with Crippen LogP contribution in [-0.4, -0.2) is 25.5 Å². The number of hydrogen-bond acceptors (Lipinski definition) is 3. The predicted molar refractivity (Wildman–Crippen MR) is 79.4 cm³/mol. The highest BCUT2D eigenvalue weighted by molar-refractivity contribution is 5.96. The van der Waals surface area contributed by atoms with Gasteiger partial charge in [0, 0.05) is 5.56 Å². The maximum absolute atomic E-state index is 11.9. The normalized spacial score (nSPS) is 9.95. The molecule has 2 rings (SSSR count). The molecule has 5 heteroatoms. The quantitative estimate of drug-likeness (QED) is 0.822. The van der Waals surface area contributed by atoms with Gasteiger partial charge in [-0.2, -0.15) is 0 Å². The molecule has 0 aromatic heterocycles. The van der Waals surface area contributed by atoms with Gasteiger partial charge in [0.05, 0.1) is 13.7 Å². The Hall–Kier alpha value is -2.66. The summed E-state index contributed by atoms with van der Waals surface area (Å²) in [4.78, 5) is 27.5. The van der Waals surface area contributed by atoms with E-state index in [1.807, 2.05) is 42.5 Å². The van der Waals surface area contributed by atoms with Gasteiger partial charge >= 0.3 is 0 Å². The molecule has 2 aromatic rings. The summed E-state index contributed by atoms with van der Waals surface area (Å²) in [7, 11) is 1.34. The van der Waals surface area contributed by atoms with Gasteiger partial charge < -0.3 is 5.32 Å². The van der Waals surface area contributed by atoms with Crippen LogP contribution in [0, 0.1) is 0 Å². The second-order valence-corrected chi connectivity index (χ2v) is 4.36. The smallest absolute Gasteiger partial charge is 0.262 e. The third kappa shape index (κ3) is 4.15. The monoisotopic (exact) mass is 284 g/mol. The van der Waals surface area contributed by atoms with Gasteiger partial charge in [0.25, 0.3) is 11.8 Å². The molecule has 0 unspecified atom stereocenters. The Labute approximate surface area is 122 Å². The molecule has 108 valence electrons. The second-order valence-electron chi connectivity index (χ2n) is 4.36. The van der Waals surface area contributed by atoms with Gasteiger partial charge in [-0.3, -0.25) is 14.4 Å². The molecule has 5 nitrogen and oxygen atoms in total. The maximum Gasteiger partial charge on any atom is 0.262 e. The van der Waals surface area contributed by atoms with Crippen LogP contribution >= 0.6 is 0 Å². The molecule has 0 aliphatic heterocycles. The molecule has 2 N–H and O–H groups in total. The van der Waals surface area contributed by atoms with Crippen LogP contribution in [-0.2, 0) is 9.63 Å². The van der Waals surface area contributed by atoms with E-state index >= 15 is 0 Å². The molecule has 21 heavy (non-hydrogen) atoms. The third-order valence-electron chi connectivity index (χ3n) is 2.88. The lowest BCUT2D eigenvalue weighted by atomic mass is 10.0. The Morgan fingerprint density at radius 3 is 2.19 bits per heavy atom. The van der Waals surface area contributed by atoms with Crippen molar-refractivity contribution in [2.75, 3.05) is 13.7 Å². The number of rotatable bonds is 5. The van der Waals surface area contributed by atoms with Crippen molar-refractivity contribution in [3.05, 3.63) is 60.2 Å². The molecule has 0 saturated carbocycles. The molecule has 2 aromatic carbocycles. The minimum absolute atomic E-state index is 0.132. The number of carbonyl (C=O) groups excluding carboxylic acids is 2. The van der Waals surface area contributed by atoms with Crippen molar-refractivity contribution in [3.8, 4) is 11.1 Å². The van der Waals surface area contributed by atoms with Crippen molar-refractivity contribution in [3.63, 3.8) is 0 Å². The van der Waals surface area contributed by atoms with E-state index in [0.29, 0.717) is 5.56 Å². The van der Waals surface area contributed by atoms with E-state index in [1.54, 1.807) is 12.1 Å². The molecular weight excluding hydrogens is 268 g/mol. The first-order valence-corrected chi connectivity index (χ1v) is 6.46. The summed E-state index contributed by atoms with van der Waals surface area (Å²) in [6.07, 6.45) is 0. The van der Waals surface area contributed by atoms with E-state index < -0.39 is 5.91 Å². The highest BCUT2D eigenvalue weighted by atomic mass is 16.6. The standard InChI is InChI=1S/C16H16N2O3/c1-21-18-15(19)11-17-16(20)14-9-7-13(8-10-14)12-5-3-2-4-6-12/h2-10H,11H2,1H3,(H,17,20)(H,18,19). The zero-order valence-electron chi connectivity index (χ0n) is 11.6. The molecule has 0 bridgehead atoms. The fraction of sp³-hybridized carbons (Fsp3) is 0.125. The van der Waals surface area contributed by atoms with Crippen molar-refractivity contribution < 1.29 is 14.4 Å². The van der Waals surface area contributed by atoms with Crippen molar-refractivity contribution >= 4 is 11.8 Å². The molecule has 0 heterocycles. The van der Waals surface area contributed by atoms with Gasteiger partial charge in [0.1, 0.15) is 0 Å². The maximum atomic E-state index is 11.9. The van der Waals surface area contributed by atoms with Crippen LogP contribution in [0.1, 0.15) is 10.4 Å². The van der Waals surface area contributed by atoms with E-state index in [-0.39, 0.29) is 12.5 Å². The lowest BCUT2D eigenvalue weighted by Gasteiger charge is -2.06. The van der Waals surface area contributed by atoms with E-state index in [0.717, 1.165) is 11.1 Å². The molecule has 0 radical (unpaired) electrons. The van der Waals surface area contributed by atoms with E-state index in [1.165, 1.54) is 7.11 Å². The number of carbonyl (C=O) groups is 2. The largest absolute Gasteiger partial charge is 0.343 e. The SMILES string of the molecule is CONC(=O)CNC(=O)c1ccc(-c2ccccc2)cc1. The number of hydrogen-bond donors (Lipinski definition) is 2.